The molecule has 0 aliphatic heterocycles. The Bertz CT molecular complexity index is 679. The molecule has 8 heteroatoms. The van der Waals surface area contributed by atoms with E-state index in [0.717, 1.165) is 18.8 Å². The number of nitrogens with zero attached hydrogens (tertiary/aromatic N) is 3. The first-order chi connectivity index (χ1) is 10.1. The van der Waals surface area contributed by atoms with Crippen molar-refractivity contribution in [2.75, 3.05) is 11.9 Å². The molecule has 0 saturated heterocycles. The molecule has 6 nitrogen and oxygen atoms in total. The second-order valence-corrected chi connectivity index (χ2v) is 4.20. The first-order valence-electron chi connectivity index (χ1n) is 6.24. The summed E-state index contributed by atoms with van der Waals surface area (Å²) in [6.45, 7) is 2.34. The van der Waals surface area contributed by atoms with E-state index in [-0.39, 0.29) is 17.1 Å². The summed E-state index contributed by atoms with van der Waals surface area (Å²) in [4.78, 5) is 18.1. The summed E-state index contributed by atoms with van der Waals surface area (Å²) in [5.41, 5.74) is -1.01. The van der Waals surface area contributed by atoms with Crippen LogP contribution in [0.25, 0.3) is 11.3 Å². The molecule has 1 aromatic carbocycles. The Morgan fingerprint density at radius 3 is 2.76 bits per heavy atom. The van der Waals surface area contributed by atoms with Gasteiger partial charge in [-0.15, -0.1) is 0 Å². The van der Waals surface area contributed by atoms with Gasteiger partial charge in [0, 0.05) is 12.1 Å². The predicted molar refractivity (Wildman–Crippen MR) is 72.8 cm³/mol. The maximum absolute atomic E-state index is 13.8. The summed E-state index contributed by atoms with van der Waals surface area (Å²) in [6.07, 6.45) is 1.80. The van der Waals surface area contributed by atoms with Crippen molar-refractivity contribution in [3.63, 3.8) is 0 Å². The monoisotopic (exact) mass is 294 g/mol. The molecule has 0 bridgehead atoms. The second kappa shape index (κ2) is 6.21. The summed E-state index contributed by atoms with van der Waals surface area (Å²) in [6, 6.07) is 3.43. The lowest BCUT2D eigenvalue weighted by Crippen LogP contribution is -2.08. The first-order valence-corrected chi connectivity index (χ1v) is 6.24. The van der Waals surface area contributed by atoms with Crippen LogP contribution in [0.2, 0.25) is 0 Å². The molecular formula is C13H12F2N4O2. The van der Waals surface area contributed by atoms with Gasteiger partial charge < -0.3 is 5.32 Å². The molecule has 0 aliphatic carbocycles. The summed E-state index contributed by atoms with van der Waals surface area (Å²) in [7, 11) is 0. The normalized spacial score (nSPS) is 10.4. The van der Waals surface area contributed by atoms with E-state index >= 15 is 0 Å². The predicted octanol–water partition coefficient (Wildman–Crippen LogP) is 3.15. The number of aromatic nitrogens is 2. The maximum atomic E-state index is 13.8. The fourth-order valence-electron chi connectivity index (χ4n) is 1.81. The molecule has 1 aromatic heterocycles. The lowest BCUT2D eigenvalue weighted by atomic mass is 10.1. The van der Waals surface area contributed by atoms with Gasteiger partial charge in [-0.25, -0.2) is 18.7 Å². The molecular weight excluding hydrogens is 282 g/mol. The van der Waals surface area contributed by atoms with Gasteiger partial charge in [0.1, 0.15) is 6.33 Å². The lowest BCUT2D eigenvalue weighted by molar-refractivity contribution is -0.383. The fourth-order valence-corrected chi connectivity index (χ4v) is 1.81. The molecule has 0 fully saturated rings. The average molecular weight is 294 g/mol. The molecule has 0 spiro atoms. The molecule has 0 unspecified atom stereocenters. The van der Waals surface area contributed by atoms with Gasteiger partial charge in [0.2, 0.25) is 5.82 Å². The van der Waals surface area contributed by atoms with Crippen LogP contribution in [0, 0.1) is 21.7 Å². The molecule has 1 heterocycles. The van der Waals surface area contributed by atoms with E-state index in [9.17, 15) is 18.9 Å². The zero-order chi connectivity index (χ0) is 15.4. The quantitative estimate of drug-likeness (QED) is 0.676. The van der Waals surface area contributed by atoms with E-state index in [1.54, 1.807) is 0 Å². The van der Waals surface area contributed by atoms with Crippen molar-refractivity contribution >= 4 is 11.5 Å². The molecule has 110 valence electrons. The number of hydrogen-bond acceptors (Lipinski definition) is 5. The van der Waals surface area contributed by atoms with Crippen LogP contribution in [0.1, 0.15) is 13.3 Å². The van der Waals surface area contributed by atoms with E-state index in [2.05, 4.69) is 15.3 Å². The van der Waals surface area contributed by atoms with Gasteiger partial charge in [0.25, 0.3) is 0 Å². The maximum Gasteiger partial charge on any atom is 0.337 e. The highest BCUT2D eigenvalue weighted by molar-refractivity contribution is 5.77. The Hall–Kier alpha value is -2.64. The van der Waals surface area contributed by atoms with Crippen molar-refractivity contribution in [2.45, 2.75) is 13.3 Å². The van der Waals surface area contributed by atoms with Crippen LogP contribution >= 0.6 is 0 Å². The van der Waals surface area contributed by atoms with Crippen LogP contribution in [0.3, 0.4) is 0 Å². The zero-order valence-electron chi connectivity index (χ0n) is 11.1. The average Bonchev–Trinajstić information content (AvgIpc) is 2.47. The molecule has 0 amide bonds. The number of benzene rings is 1. The topological polar surface area (TPSA) is 81.0 Å². The minimum absolute atomic E-state index is 0.0180. The highest BCUT2D eigenvalue weighted by Crippen LogP contribution is 2.34. The second-order valence-electron chi connectivity index (χ2n) is 4.20. The van der Waals surface area contributed by atoms with E-state index in [4.69, 9.17) is 0 Å². The number of halogens is 2. The minimum Gasteiger partial charge on any atom is -0.364 e. The fraction of sp³-hybridized carbons (Fsp3) is 0.231. The smallest absolute Gasteiger partial charge is 0.337 e. The van der Waals surface area contributed by atoms with E-state index in [1.807, 2.05) is 6.92 Å². The minimum atomic E-state index is -1.18. The Morgan fingerprint density at radius 1 is 1.33 bits per heavy atom. The highest BCUT2D eigenvalue weighted by Gasteiger charge is 2.26. The summed E-state index contributed by atoms with van der Waals surface area (Å²) in [5, 5.41) is 14.0. The van der Waals surface area contributed by atoms with Crippen molar-refractivity contribution in [3.8, 4) is 11.3 Å². The van der Waals surface area contributed by atoms with Crippen molar-refractivity contribution < 1.29 is 13.7 Å². The third kappa shape index (κ3) is 2.93. The van der Waals surface area contributed by atoms with Gasteiger partial charge in [0.15, 0.2) is 17.3 Å². The van der Waals surface area contributed by atoms with Crippen LogP contribution in [0.5, 0.6) is 0 Å². The Kier molecular flexibility index (Phi) is 4.36. The summed E-state index contributed by atoms with van der Waals surface area (Å²) in [5.74, 6) is -2.29. The van der Waals surface area contributed by atoms with Gasteiger partial charge in [0.05, 0.1) is 4.92 Å². The van der Waals surface area contributed by atoms with Crippen LogP contribution in [-0.2, 0) is 0 Å². The van der Waals surface area contributed by atoms with E-state index in [0.29, 0.717) is 6.54 Å². The third-order valence-corrected chi connectivity index (χ3v) is 2.75. The highest BCUT2D eigenvalue weighted by atomic mass is 19.2. The van der Waals surface area contributed by atoms with Crippen LogP contribution < -0.4 is 5.32 Å². The molecule has 0 atom stereocenters. The number of nitrogens with one attached hydrogen (secondary N) is 1. The molecule has 0 saturated carbocycles. The molecule has 0 aliphatic rings. The van der Waals surface area contributed by atoms with Crippen molar-refractivity contribution in [3.05, 3.63) is 46.3 Å². The van der Waals surface area contributed by atoms with Crippen molar-refractivity contribution in [1.82, 2.24) is 9.97 Å². The van der Waals surface area contributed by atoms with Crippen LogP contribution in [0.15, 0.2) is 24.5 Å². The van der Waals surface area contributed by atoms with Crippen LogP contribution in [0.4, 0.5) is 20.3 Å². The summed E-state index contributed by atoms with van der Waals surface area (Å²) < 4.78 is 27.1. The molecule has 2 rings (SSSR count). The van der Waals surface area contributed by atoms with Crippen molar-refractivity contribution in [2.24, 2.45) is 0 Å². The number of nitro groups is 1. The lowest BCUT2D eigenvalue weighted by Gasteiger charge is -2.08. The largest absolute Gasteiger partial charge is 0.364 e. The third-order valence-electron chi connectivity index (χ3n) is 2.75. The van der Waals surface area contributed by atoms with E-state index < -0.39 is 22.2 Å². The van der Waals surface area contributed by atoms with Crippen molar-refractivity contribution in [1.29, 1.82) is 0 Å². The van der Waals surface area contributed by atoms with E-state index in [1.165, 1.54) is 12.1 Å². The number of rotatable bonds is 5. The first kappa shape index (κ1) is 14.8. The SMILES string of the molecule is CCCNc1ncnc(-c2cccc(F)c2F)c1[N+](=O)[O-]. The molecule has 21 heavy (non-hydrogen) atoms. The van der Waals surface area contributed by atoms with Gasteiger partial charge in [-0.3, -0.25) is 10.1 Å². The zero-order valence-corrected chi connectivity index (χ0v) is 11.1. The molecule has 0 radical (unpaired) electrons. The van der Waals surface area contributed by atoms with Crippen LogP contribution in [-0.4, -0.2) is 21.4 Å². The van der Waals surface area contributed by atoms with Gasteiger partial charge in [-0.05, 0) is 18.6 Å². The van der Waals surface area contributed by atoms with Gasteiger partial charge in [-0.2, -0.15) is 0 Å². The van der Waals surface area contributed by atoms with Gasteiger partial charge in [-0.1, -0.05) is 13.0 Å². The standard InChI is InChI=1S/C13H12F2N4O2/c1-2-6-16-13-12(19(20)21)11(17-7-18-13)8-4-3-5-9(14)10(8)15/h3-5,7H,2,6H2,1H3,(H,16,17,18). The summed E-state index contributed by atoms with van der Waals surface area (Å²) >= 11 is 0. The molecule has 1 N–H and O–H groups in total. The van der Waals surface area contributed by atoms with Gasteiger partial charge >= 0.3 is 5.69 Å². The Labute approximate surface area is 119 Å². The number of hydrogen-bond donors (Lipinski definition) is 1. The molecule has 2 aromatic rings. The Morgan fingerprint density at radius 2 is 2.10 bits per heavy atom. The number of anilines is 1. The Balaban J connectivity index is 2.63.